The summed E-state index contributed by atoms with van der Waals surface area (Å²) in [6.07, 6.45) is 0. The number of hydrogen-bond acceptors (Lipinski definition) is 2. The van der Waals surface area contributed by atoms with Crippen LogP contribution in [0.25, 0.3) is 0 Å². The summed E-state index contributed by atoms with van der Waals surface area (Å²) in [5.74, 6) is 0.0377. The number of benzene rings is 2. The normalized spacial score (nSPS) is 13.5. The van der Waals surface area contributed by atoms with Crippen molar-refractivity contribution in [1.82, 2.24) is 5.32 Å². The molecule has 0 fully saturated rings. The molecule has 0 radical (unpaired) electrons. The van der Waals surface area contributed by atoms with Crippen LogP contribution >= 0.6 is 23.4 Å². The summed E-state index contributed by atoms with van der Waals surface area (Å²) in [6.45, 7) is 5.99. The molecule has 0 aromatic heterocycles. The van der Waals surface area contributed by atoms with E-state index in [4.69, 9.17) is 11.6 Å². The third-order valence-electron chi connectivity index (χ3n) is 3.51. The average molecular weight is 334 g/mol. The van der Waals surface area contributed by atoms with Gasteiger partial charge in [-0.15, -0.1) is 11.8 Å². The topological polar surface area (TPSA) is 29.1 Å². The summed E-state index contributed by atoms with van der Waals surface area (Å²) in [7, 11) is 0. The van der Waals surface area contributed by atoms with Gasteiger partial charge in [-0.25, -0.2) is 0 Å². The van der Waals surface area contributed by atoms with E-state index in [1.807, 2.05) is 50.2 Å². The van der Waals surface area contributed by atoms with E-state index in [9.17, 15) is 4.79 Å². The van der Waals surface area contributed by atoms with Crippen LogP contribution in [0.3, 0.4) is 0 Å². The Labute approximate surface area is 141 Å². The summed E-state index contributed by atoms with van der Waals surface area (Å²) >= 11 is 7.40. The van der Waals surface area contributed by atoms with E-state index < -0.39 is 0 Å². The van der Waals surface area contributed by atoms with Crippen molar-refractivity contribution in [3.63, 3.8) is 0 Å². The number of carbonyl (C=O) groups is 1. The van der Waals surface area contributed by atoms with Gasteiger partial charge in [0.05, 0.1) is 11.3 Å². The van der Waals surface area contributed by atoms with Gasteiger partial charge in [0.1, 0.15) is 0 Å². The maximum absolute atomic E-state index is 12.4. The lowest BCUT2D eigenvalue weighted by Crippen LogP contribution is -2.33. The Bertz CT molecular complexity index is 642. The molecular formula is C18H20ClNOS. The molecule has 2 rings (SSSR count). The Kier molecular flexibility index (Phi) is 5.92. The molecule has 4 heteroatoms. The van der Waals surface area contributed by atoms with Gasteiger partial charge in [-0.2, -0.15) is 0 Å². The van der Waals surface area contributed by atoms with E-state index >= 15 is 0 Å². The summed E-state index contributed by atoms with van der Waals surface area (Å²) in [4.78, 5) is 13.4. The van der Waals surface area contributed by atoms with E-state index in [-0.39, 0.29) is 17.2 Å². The Morgan fingerprint density at radius 1 is 1.09 bits per heavy atom. The minimum atomic E-state index is -0.160. The monoisotopic (exact) mass is 333 g/mol. The highest BCUT2D eigenvalue weighted by Gasteiger charge is 2.18. The minimum absolute atomic E-state index is 0.00182. The third-order valence-corrected chi connectivity index (χ3v) is 4.87. The molecule has 0 aliphatic heterocycles. The average Bonchev–Trinajstić information content (AvgIpc) is 2.49. The smallest absolute Gasteiger partial charge is 0.233 e. The molecule has 2 unspecified atom stereocenters. The lowest BCUT2D eigenvalue weighted by atomic mass is 10.0. The Balaban J connectivity index is 1.96. The second-order valence-corrected chi connectivity index (χ2v) is 7.15. The van der Waals surface area contributed by atoms with Gasteiger partial charge in [-0.05, 0) is 56.2 Å². The van der Waals surface area contributed by atoms with Crippen molar-refractivity contribution in [2.75, 3.05) is 0 Å². The fourth-order valence-corrected chi connectivity index (χ4v) is 3.25. The van der Waals surface area contributed by atoms with Gasteiger partial charge in [0, 0.05) is 9.92 Å². The summed E-state index contributed by atoms with van der Waals surface area (Å²) in [5.41, 5.74) is 2.34. The molecule has 2 nitrogen and oxygen atoms in total. The lowest BCUT2D eigenvalue weighted by molar-refractivity contribution is -0.120. The second-order valence-electron chi connectivity index (χ2n) is 5.30. The van der Waals surface area contributed by atoms with Crippen molar-refractivity contribution in [3.8, 4) is 0 Å². The summed E-state index contributed by atoms with van der Waals surface area (Å²) < 4.78 is 0. The van der Waals surface area contributed by atoms with E-state index in [0.29, 0.717) is 5.02 Å². The van der Waals surface area contributed by atoms with Crippen molar-refractivity contribution in [1.29, 1.82) is 0 Å². The zero-order valence-corrected chi connectivity index (χ0v) is 14.5. The molecule has 0 saturated heterocycles. The molecule has 0 aliphatic rings. The maximum Gasteiger partial charge on any atom is 0.233 e. The van der Waals surface area contributed by atoms with Crippen molar-refractivity contribution in [2.24, 2.45) is 0 Å². The van der Waals surface area contributed by atoms with Gasteiger partial charge in [-0.1, -0.05) is 35.9 Å². The molecule has 2 atom stereocenters. The van der Waals surface area contributed by atoms with Crippen LogP contribution in [-0.4, -0.2) is 11.2 Å². The van der Waals surface area contributed by atoms with Crippen molar-refractivity contribution >= 4 is 29.3 Å². The molecule has 0 heterocycles. The molecule has 2 aromatic carbocycles. The standard InChI is InChI=1S/C18H20ClNOS/c1-12-6-4-5-7-17(12)13(2)20-18(21)14(3)22-16-10-8-15(19)9-11-16/h4-11,13-14H,1-3H3,(H,20,21). The van der Waals surface area contributed by atoms with E-state index in [2.05, 4.69) is 24.4 Å². The molecule has 0 spiro atoms. The van der Waals surface area contributed by atoms with Crippen molar-refractivity contribution in [3.05, 3.63) is 64.7 Å². The summed E-state index contributed by atoms with van der Waals surface area (Å²) in [6, 6.07) is 15.7. The van der Waals surface area contributed by atoms with E-state index in [0.717, 1.165) is 10.5 Å². The lowest BCUT2D eigenvalue weighted by Gasteiger charge is -2.19. The van der Waals surface area contributed by atoms with Gasteiger partial charge < -0.3 is 5.32 Å². The molecular weight excluding hydrogens is 314 g/mol. The van der Waals surface area contributed by atoms with Gasteiger partial charge in [0.15, 0.2) is 0 Å². The van der Waals surface area contributed by atoms with Crippen molar-refractivity contribution < 1.29 is 4.79 Å². The van der Waals surface area contributed by atoms with Gasteiger partial charge in [0.25, 0.3) is 0 Å². The molecule has 0 bridgehead atoms. The molecule has 1 amide bonds. The van der Waals surface area contributed by atoms with Crippen LogP contribution in [0.2, 0.25) is 5.02 Å². The predicted molar refractivity (Wildman–Crippen MR) is 94.5 cm³/mol. The molecule has 0 saturated carbocycles. The van der Waals surface area contributed by atoms with E-state index in [1.165, 1.54) is 17.3 Å². The molecule has 116 valence electrons. The van der Waals surface area contributed by atoms with Crippen LogP contribution in [0.15, 0.2) is 53.4 Å². The second kappa shape index (κ2) is 7.70. The van der Waals surface area contributed by atoms with E-state index in [1.54, 1.807) is 0 Å². The first-order valence-corrected chi connectivity index (χ1v) is 8.51. The Morgan fingerprint density at radius 2 is 1.73 bits per heavy atom. The zero-order valence-electron chi connectivity index (χ0n) is 13.0. The van der Waals surface area contributed by atoms with Gasteiger partial charge >= 0.3 is 0 Å². The number of amides is 1. The largest absolute Gasteiger partial charge is 0.349 e. The SMILES string of the molecule is Cc1ccccc1C(C)NC(=O)C(C)Sc1ccc(Cl)cc1. The highest BCUT2D eigenvalue weighted by atomic mass is 35.5. The highest BCUT2D eigenvalue weighted by Crippen LogP contribution is 2.25. The third kappa shape index (κ3) is 4.52. The quantitative estimate of drug-likeness (QED) is 0.779. The summed E-state index contributed by atoms with van der Waals surface area (Å²) in [5, 5.41) is 3.63. The first-order chi connectivity index (χ1) is 10.5. The first kappa shape index (κ1) is 16.9. The number of rotatable bonds is 5. The van der Waals surface area contributed by atoms with Crippen LogP contribution in [0.4, 0.5) is 0 Å². The Hall–Kier alpha value is -1.45. The van der Waals surface area contributed by atoms with Gasteiger partial charge in [-0.3, -0.25) is 4.79 Å². The highest BCUT2D eigenvalue weighted by molar-refractivity contribution is 8.00. The fraction of sp³-hybridized carbons (Fsp3) is 0.278. The van der Waals surface area contributed by atoms with Crippen LogP contribution in [0.5, 0.6) is 0 Å². The van der Waals surface area contributed by atoms with Crippen molar-refractivity contribution in [2.45, 2.75) is 37.0 Å². The number of thioether (sulfide) groups is 1. The first-order valence-electron chi connectivity index (χ1n) is 7.25. The molecule has 0 aliphatic carbocycles. The predicted octanol–water partition coefficient (Wildman–Crippen LogP) is 5.01. The Morgan fingerprint density at radius 3 is 2.36 bits per heavy atom. The minimum Gasteiger partial charge on any atom is -0.349 e. The number of carbonyl (C=O) groups excluding carboxylic acids is 1. The number of aryl methyl sites for hydroxylation is 1. The fourth-order valence-electron chi connectivity index (χ4n) is 2.25. The van der Waals surface area contributed by atoms with Crippen LogP contribution < -0.4 is 5.32 Å². The van der Waals surface area contributed by atoms with Crippen LogP contribution in [0, 0.1) is 6.92 Å². The number of halogens is 1. The van der Waals surface area contributed by atoms with Gasteiger partial charge in [0.2, 0.25) is 5.91 Å². The van der Waals surface area contributed by atoms with Crippen LogP contribution in [0.1, 0.15) is 31.0 Å². The maximum atomic E-state index is 12.4. The molecule has 22 heavy (non-hydrogen) atoms. The molecule has 2 aromatic rings. The zero-order chi connectivity index (χ0) is 16.1. The molecule has 1 N–H and O–H groups in total. The van der Waals surface area contributed by atoms with Crippen LogP contribution in [-0.2, 0) is 4.79 Å². The number of hydrogen-bond donors (Lipinski definition) is 1. The number of nitrogens with one attached hydrogen (secondary N) is 1.